The predicted octanol–water partition coefficient (Wildman–Crippen LogP) is 1.46. The van der Waals surface area contributed by atoms with Crippen LogP contribution in [0.2, 0.25) is 0 Å². The zero-order chi connectivity index (χ0) is 19.0. The smallest absolute Gasteiger partial charge is 0.345 e. The number of carbonyl (C=O) groups excluding carboxylic acids is 3. The predicted molar refractivity (Wildman–Crippen MR) is 86.8 cm³/mol. The first-order chi connectivity index (χ1) is 11.8. The van der Waals surface area contributed by atoms with E-state index in [2.05, 4.69) is 10.1 Å². The minimum Gasteiger partial charge on any atom is -0.467 e. The highest BCUT2D eigenvalue weighted by atomic mass is 16.6. The third-order valence-electron chi connectivity index (χ3n) is 3.64. The van der Waals surface area contributed by atoms with Gasteiger partial charge in [-0.2, -0.15) is 0 Å². The van der Waals surface area contributed by atoms with Gasteiger partial charge in [-0.15, -0.1) is 0 Å². The number of amides is 1. The lowest BCUT2D eigenvalue weighted by atomic mass is 9.99. The molecular formula is C16H20N2O7. The number of hydrogen-bond acceptors (Lipinski definition) is 7. The number of nitrogens with zero attached hydrogens (tertiary/aromatic N) is 1. The van der Waals surface area contributed by atoms with Gasteiger partial charge in [-0.3, -0.25) is 14.9 Å². The molecule has 0 aliphatic carbocycles. The quantitative estimate of drug-likeness (QED) is 0.426. The summed E-state index contributed by atoms with van der Waals surface area (Å²) in [5.74, 6) is -2.49. The Hall–Kier alpha value is -2.97. The average molecular weight is 352 g/mol. The summed E-state index contributed by atoms with van der Waals surface area (Å²) < 4.78 is 9.44. The maximum atomic E-state index is 11.9. The molecule has 2 atom stereocenters. The van der Waals surface area contributed by atoms with Gasteiger partial charge in [-0.25, -0.2) is 9.59 Å². The molecule has 0 aliphatic heterocycles. The second-order valence-electron chi connectivity index (χ2n) is 5.30. The lowest BCUT2D eigenvalue weighted by molar-refractivity contribution is -0.385. The molecule has 9 nitrogen and oxygen atoms in total. The molecule has 0 saturated carbocycles. The lowest BCUT2D eigenvalue weighted by Crippen LogP contribution is -2.47. The first kappa shape index (κ1) is 20.1. The molecule has 1 amide bonds. The second kappa shape index (κ2) is 9.36. The van der Waals surface area contributed by atoms with Crippen molar-refractivity contribution in [1.29, 1.82) is 0 Å². The third kappa shape index (κ3) is 5.55. The number of nitrogens with one attached hydrogen (secondary N) is 1. The number of nitro groups is 1. The Morgan fingerprint density at radius 1 is 1.28 bits per heavy atom. The molecule has 0 aromatic heterocycles. The molecule has 1 aromatic carbocycles. The highest BCUT2D eigenvalue weighted by molar-refractivity contribution is 5.95. The van der Waals surface area contributed by atoms with E-state index in [0.29, 0.717) is 6.42 Å². The SMILES string of the molecule is CCC(C)C(NC(=O)COC(=O)c1ccccc1[N+](=O)[O-])C(=O)OC. The van der Waals surface area contributed by atoms with Gasteiger partial charge in [0, 0.05) is 6.07 Å². The minimum atomic E-state index is -0.999. The van der Waals surface area contributed by atoms with Crippen LogP contribution in [0.1, 0.15) is 30.6 Å². The summed E-state index contributed by atoms with van der Waals surface area (Å²) >= 11 is 0. The molecule has 1 rings (SSSR count). The van der Waals surface area contributed by atoms with Gasteiger partial charge < -0.3 is 14.8 Å². The number of esters is 2. The topological polar surface area (TPSA) is 125 Å². The van der Waals surface area contributed by atoms with Crippen LogP contribution in [-0.4, -0.2) is 42.5 Å². The number of rotatable bonds is 8. The van der Waals surface area contributed by atoms with E-state index in [1.54, 1.807) is 6.92 Å². The first-order valence-electron chi connectivity index (χ1n) is 7.59. The number of ether oxygens (including phenoxy) is 2. The van der Waals surface area contributed by atoms with Crippen LogP contribution >= 0.6 is 0 Å². The van der Waals surface area contributed by atoms with Gasteiger partial charge in [0.25, 0.3) is 11.6 Å². The molecule has 1 aromatic rings. The van der Waals surface area contributed by atoms with Gasteiger partial charge in [-0.05, 0) is 12.0 Å². The number of hydrogen-bond donors (Lipinski definition) is 1. The average Bonchev–Trinajstić information content (AvgIpc) is 2.62. The zero-order valence-electron chi connectivity index (χ0n) is 14.2. The zero-order valence-corrected chi connectivity index (χ0v) is 14.2. The minimum absolute atomic E-state index is 0.178. The molecule has 0 saturated heterocycles. The van der Waals surface area contributed by atoms with Gasteiger partial charge >= 0.3 is 11.9 Å². The van der Waals surface area contributed by atoms with Crippen molar-refractivity contribution in [2.24, 2.45) is 5.92 Å². The molecule has 0 radical (unpaired) electrons. The standard InChI is InChI=1S/C16H20N2O7/c1-4-10(2)14(16(21)24-3)17-13(19)9-25-15(20)11-7-5-6-8-12(11)18(22)23/h5-8,10,14H,4,9H2,1-3H3,(H,17,19). The second-order valence-corrected chi connectivity index (χ2v) is 5.30. The molecule has 0 spiro atoms. The van der Waals surface area contributed by atoms with Crippen molar-refractivity contribution in [3.8, 4) is 0 Å². The summed E-state index contributed by atoms with van der Waals surface area (Å²) in [5.41, 5.74) is -0.674. The number of methoxy groups -OCH3 is 1. The summed E-state index contributed by atoms with van der Waals surface area (Å²) in [6.45, 7) is 2.94. The maximum absolute atomic E-state index is 11.9. The monoisotopic (exact) mass is 352 g/mol. The fourth-order valence-corrected chi connectivity index (χ4v) is 2.03. The van der Waals surface area contributed by atoms with Gasteiger partial charge in [0.05, 0.1) is 12.0 Å². The highest BCUT2D eigenvalue weighted by Crippen LogP contribution is 2.18. The summed E-state index contributed by atoms with van der Waals surface area (Å²) in [6, 6.07) is 4.38. The van der Waals surface area contributed by atoms with Crippen LogP contribution in [-0.2, 0) is 19.1 Å². The Kier molecular flexibility index (Phi) is 7.51. The Labute approximate surface area is 144 Å². The Morgan fingerprint density at radius 2 is 1.92 bits per heavy atom. The van der Waals surface area contributed by atoms with Crippen LogP contribution in [0, 0.1) is 16.0 Å². The molecule has 2 unspecified atom stereocenters. The number of benzene rings is 1. The van der Waals surface area contributed by atoms with Crippen LogP contribution in [0.4, 0.5) is 5.69 Å². The van der Waals surface area contributed by atoms with Crippen LogP contribution in [0.3, 0.4) is 0 Å². The molecule has 0 heterocycles. The summed E-state index contributed by atoms with van der Waals surface area (Å²) in [7, 11) is 1.21. The largest absolute Gasteiger partial charge is 0.467 e. The molecule has 25 heavy (non-hydrogen) atoms. The molecular weight excluding hydrogens is 332 g/mol. The summed E-state index contributed by atoms with van der Waals surface area (Å²) in [5, 5.41) is 13.3. The molecule has 1 N–H and O–H groups in total. The summed E-state index contributed by atoms with van der Waals surface area (Å²) in [6.07, 6.45) is 0.621. The fraction of sp³-hybridized carbons (Fsp3) is 0.438. The number of para-hydroxylation sites is 1. The third-order valence-corrected chi connectivity index (χ3v) is 3.64. The van der Waals surface area contributed by atoms with E-state index in [9.17, 15) is 24.5 Å². The van der Waals surface area contributed by atoms with E-state index in [1.807, 2.05) is 6.92 Å². The van der Waals surface area contributed by atoms with Crippen LogP contribution < -0.4 is 5.32 Å². The van der Waals surface area contributed by atoms with Crippen molar-refractivity contribution in [3.63, 3.8) is 0 Å². The molecule has 0 aliphatic rings. The van der Waals surface area contributed by atoms with E-state index in [4.69, 9.17) is 4.74 Å². The van der Waals surface area contributed by atoms with Crippen LogP contribution in [0.5, 0.6) is 0 Å². The van der Waals surface area contributed by atoms with Crippen molar-refractivity contribution >= 4 is 23.5 Å². The van der Waals surface area contributed by atoms with Crippen molar-refractivity contribution in [2.75, 3.05) is 13.7 Å². The van der Waals surface area contributed by atoms with Crippen LogP contribution in [0.15, 0.2) is 24.3 Å². The van der Waals surface area contributed by atoms with E-state index < -0.39 is 41.1 Å². The Bertz CT molecular complexity index is 660. The normalized spacial score (nSPS) is 12.6. The van der Waals surface area contributed by atoms with Crippen molar-refractivity contribution in [2.45, 2.75) is 26.3 Å². The van der Waals surface area contributed by atoms with Crippen molar-refractivity contribution in [3.05, 3.63) is 39.9 Å². The van der Waals surface area contributed by atoms with Gasteiger partial charge in [0.15, 0.2) is 6.61 Å². The Balaban J connectivity index is 2.71. The molecule has 9 heteroatoms. The van der Waals surface area contributed by atoms with Crippen molar-refractivity contribution in [1.82, 2.24) is 5.32 Å². The maximum Gasteiger partial charge on any atom is 0.345 e. The molecule has 0 fully saturated rings. The van der Waals surface area contributed by atoms with E-state index in [0.717, 1.165) is 6.07 Å². The highest BCUT2D eigenvalue weighted by Gasteiger charge is 2.27. The van der Waals surface area contributed by atoms with E-state index in [-0.39, 0.29) is 11.5 Å². The number of carbonyl (C=O) groups is 3. The van der Waals surface area contributed by atoms with Crippen molar-refractivity contribution < 1.29 is 28.8 Å². The Morgan fingerprint density at radius 3 is 2.48 bits per heavy atom. The first-order valence-corrected chi connectivity index (χ1v) is 7.59. The van der Waals surface area contributed by atoms with Gasteiger partial charge in [-0.1, -0.05) is 32.4 Å². The molecule has 0 bridgehead atoms. The molecule has 136 valence electrons. The lowest BCUT2D eigenvalue weighted by Gasteiger charge is -2.21. The fourth-order valence-electron chi connectivity index (χ4n) is 2.03. The van der Waals surface area contributed by atoms with Gasteiger partial charge in [0.1, 0.15) is 11.6 Å². The van der Waals surface area contributed by atoms with E-state index in [1.165, 1.54) is 25.3 Å². The van der Waals surface area contributed by atoms with Gasteiger partial charge in [0.2, 0.25) is 0 Å². The summed E-state index contributed by atoms with van der Waals surface area (Å²) in [4.78, 5) is 45.7. The number of nitro benzene ring substituents is 1. The van der Waals surface area contributed by atoms with E-state index >= 15 is 0 Å². The van der Waals surface area contributed by atoms with Crippen LogP contribution in [0.25, 0.3) is 0 Å².